The largest absolute Gasteiger partial charge is 0.462 e. The number of carbonyl (C=O) groups excluding carboxylic acids is 1. The van der Waals surface area contributed by atoms with Gasteiger partial charge in [-0.1, -0.05) is 41.9 Å². The molecule has 0 radical (unpaired) electrons. The number of alkyl halides is 3. The Morgan fingerprint density at radius 2 is 1.74 bits per heavy atom. The average Bonchev–Trinajstić information content (AvgIpc) is 2.78. The maximum absolute atomic E-state index is 13.1. The van der Waals surface area contributed by atoms with Gasteiger partial charge in [0, 0.05) is 36.1 Å². The molecule has 9 heteroatoms. The van der Waals surface area contributed by atoms with Gasteiger partial charge in [0.15, 0.2) is 5.60 Å². The third kappa shape index (κ3) is 6.70. The lowest BCUT2D eigenvalue weighted by Gasteiger charge is -2.30. The molecule has 2 heterocycles. The molecule has 180 valence electrons. The molecule has 0 aliphatic carbocycles. The minimum absolute atomic E-state index is 0.0780. The molecule has 0 fully saturated rings. The summed E-state index contributed by atoms with van der Waals surface area (Å²) < 4.78 is 43.9. The van der Waals surface area contributed by atoms with Crippen LogP contribution in [0.25, 0.3) is 0 Å². The van der Waals surface area contributed by atoms with Crippen LogP contribution in [0.1, 0.15) is 43.5 Å². The smallest absolute Gasteiger partial charge is 0.417 e. The van der Waals surface area contributed by atoms with Gasteiger partial charge in [-0.2, -0.15) is 13.2 Å². The molecule has 0 aliphatic heterocycles. The van der Waals surface area contributed by atoms with E-state index in [2.05, 4.69) is 15.3 Å². The fourth-order valence-electron chi connectivity index (χ4n) is 3.43. The van der Waals surface area contributed by atoms with Gasteiger partial charge < -0.3 is 10.1 Å². The second-order valence-electron chi connectivity index (χ2n) is 8.45. The van der Waals surface area contributed by atoms with E-state index in [9.17, 15) is 18.0 Å². The molecule has 2 atom stereocenters. The summed E-state index contributed by atoms with van der Waals surface area (Å²) in [6.07, 6.45) is -1.68. The Balaban J connectivity index is 1.73. The van der Waals surface area contributed by atoms with Crippen molar-refractivity contribution in [3.63, 3.8) is 0 Å². The second-order valence-corrected chi connectivity index (χ2v) is 8.88. The van der Waals surface area contributed by atoms with E-state index in [4.69, 9.17) is 16.3 Å². The van der Waals surface area contributed by atoms with Crippen molar-refractivity contribution in [3.8, 4) is 5.88 Å². The van der Waals surface area contributed by atoms with E-state index in [0.717, 1.165) is 23.4 Å². The number of ether oxygens (including phenoxy) is 1. The number of carbonyl (C=O) groups is 1. The molecule has 0 aliphatic rings. The van der Waals surface area contributed by atoms with Crippen LogP contribution in [0.15, 0.2) is 67.0 Å². The molecular weight excluding hydrogens is 467 g/mol. The van der Waals surface area contributed by atoms with Crippen LogP contribution in [0.2, 0.25) is 5.02 Å². The van der Waals surface area contributed by atoms with E-state index >= 15 is 0 Å². The number of pyridine rings is 2. The van der Waals surface area contributed by atoms with Gasteiger partial charge in [0.2, 0.25) is 5.88 Å². The van der Waals surface area contributed by atoms with Crippen molar-refractivity contribution in [2.75, 3.05) is 0 Å². The van der Waals surface area contributed by atoms with Crippen LogP contribution in [-0.2, 0) is 17.4 Å². The summed E-state index contributed by atoms with van der Waals surface area (Å²) in [5, 5.41) is 3.52. The zero-order valence-electron chi connectivity index (χ0n) is 18.9. The Labute approximate surface area is 201 Å². The normalized spacial score (nSPS) is 13.7. The van der Waals surface area contributed by atoms with Crippen molar-refractivity contribution in [3.05, 3.63) is 88.8 Å². The van der Waals surface area contributed by atoms with Crippen molar-refractivity contribution in [2.24, 2.45) is 0 Å². The molecule has 3 rings (SSSR count). The van der Waals surface area contributed by atoms with Crippen LogP contribution in [0.5, 0.6) is 5.88 Å². The van der Waals surface area contributed by atoms with E-state index in [0.29, 0.717) is 17.6 Å². The molecule has 34 heavy (non-hydrogen) atoms. The first-order chi connectivity index (χ1) is 16.0. The molecular formula is C25H25ClF3N3O2. The van der Waals surface area contributed by atoms with Crippen LogP contribution in [0, 0.1) is 0 Å². The highest BCUT2D eigenvalue weighted by Gasteiger charge is 2.34. The lowest BCUT2D eigenvalue weighted by Crippen LogP contribution is -2.51. The number of halogens is 4. The van der Waals surface area contributed by atoms with E-state index in [1.54, 1.807) is 12.3 Å². The maximum atomic E-state index is 13.1. The van der Waals surface area contributed by atoms with E-state index in [1.807, 2.05) is 43.3 Å². The maximum Gasteiger partial charge on any atom is 0.417 e. The molecule has 5 nitrogen and oxygen atoms in total. The van der Waals surface area contributed by atoms with Crippen LogP contribution in [-0.4, -0.2) is 27.5 Å². The predicted molar refractivity (Wildman–Crippen MR) is 124 cm³/mol. The number of amides is 1. The Morgan fingerprint density at radius 3 is 2.29 bits per heavy atom. The van der Waals surface area contributed by atoms with Crippen LogP contribution in [0.3, 0.4) is 0 Å². The topological polar surface area (TPSA) is 64.1 Å². The molecule has 3 aromatic rings. The summed E-state index contributed by atoms with van der Waals surface area (Å²) >= 11 is 5.95. The Morgan fingerprint density at radius 1 is 1.03 bits per heavy atom. The van der Waals surface area contributed by atoms with E-state index < -0.39 is 23.2 Å². The number of benzene rings is 1. The summed E-state index contributed by atoms with van der Waals surface area (Å²) in [5.74, 6) is -0.601. The predicted octanol–water partition coefficient (Wildman–Crippen LogP) is 5.84. The average molecular weight is 492 g/mol. The molecule has 0 bridgehead atoms. The molecule has 2 aromatic heterocycles. The molecule has 0 saturated carbocycles. The van der Waals surface area contributed by atoms with Gasteiger partial charge in [-0.3, -0.25) is 9.78 Å². The molecule has 0 unspecified atom stereocenters. The van der Waals surface area contributed by atoms with Crippen LogP contribution >= 0.6 is 11.6 Å². The molecule has 1 N–H and O–H groups in total. The van der Waals surface area contributed by atoms with Gasteiger partial charge in [-0.05, 0) is 51.0 Å². The monoisotopic (exact) mass is 491 g/mol. The number of hydrogen-bond donors (Lipinski definition) is 1. The van der Waals surface area contributed by atoms with E-state index in [1.165, 1.54) is 13.8 Å². The van der Waals surface area contributed by atoms with Gasteiger partial charge in [-0.15, -0.1) is 0 Å². The number of aromatic nitrogens is 2. The Hall–Kier alpha value is -3.13. The molecule has 0 spiro atoms. The van der Waals surface area contributed by atoms with Crippen molar-refractivity contribution < 1.29 is 22.7 Å². The quantitative estimate of drug-likeness (QED) is 0.430. The van der Waals surface area contributed by atoms with Crippen LogP contribution in [0.4, 0.5) is 13.2 Å². The summed E-state index contributed by atoms with van der Waals surface area (Å²) in [5.41, 5.74) is -0.419. The zero-order valence-corrected chi connectivity index (χ0v) is 19.7. The Kier molecular flexibility index (Phi) is 7.82. The lowest BCUT2D eigenvalue weighted by molar-refractivity contribution is -0.138. The van der Waals surface area contributed by atoms with Crippen molar-refractivity contribution in [2.45, 2.75) is 50.9 Å². The van der Waals surface area contributed by atoms with Gasteiger partial charge in [0.1, 0.15) is 0 Å². The SMILES string of the molecule is C[C@H](NC(=O)C(C)(C)Oc1ccc(C(F)(F)F)cn1)[C@@H](Cc1ccc(Cl)cn1)c1ccccc1. The highest BCUT2D eigenvalue weighted by Crippen LogP contribution is 2.30. The molecule has 0 saturated heterocycles. The lowest BCUT2D eigenvalue weighted by atomic mass is 9.87. The van der Waals surface area contributed by atoms with Crippen molar-refractivity contribution in [1.82, 2.24) is 15.3 Å². The minimum atomic E-state index is -4.50. The number of nitrogens with zero attached hydrogens (tertiary/aromatic N) is 2. The second kappa shape index (κ2) is 10.4. The summed E-state index contributed by atoms with van der Waals surface area (Å²) in [4.78, 5) is 21.1. The van der Waals surface area contributed by atoms with Gasteiger partial charge in [0.25, 0.3) is 5.91 Å². The first-order valence-corrected chi connectivity index (χ1v) is 11.0. The van der Waals surface area contributed by atoms with Gasteiger partial charge in [0.05, 0.1) is 10.6 Å². The van der Waals surface area contributed by atoms with Crippen molar-refractivity contribution in [1.29, 1.82) is 0 Å². The molecule has 1 aromatic carbocycles. The first kappa shape index (κ1) is 25.5. The van der Waals surface area contributed by atoms with Gasteiger partial charge >= 0.3 is 6.18 Å². The third-order valence-corrected chi connectivity index (χ3v) is 5.60. The van der Waals surface area contributed by atoms with Crippen molar-refractivity contribution >= 4 is 17.5 Å². The van der Waals surface area contributed by atoms with Crippen LogP contribution < -0.4 is 10.1 Å². The zero-order chi connectivity index (χ0) is 24.9. The highest BCUT2D eigenvalue weighted by atomic mass is 35.5. The Bertz CT molecular complexity index is 1090. The summed E-state index contributed by atoms with van der Waals surface area (Å²) in [6.45, 7) is 4.96. The van der Waals surface area contributed by atoms with Gasteiger partial charge in [-0.25, -0.2) is 4.98 Å². The first-order valence-electron chi connectivity index (χ1n) is 10.6. The number of hydrogen-bond acceptors (Lipinski definition) is 4. The van der Waals surface area contributed by atoms with E-state index in [-0.39, 0.29) is 17.8 Å². The fraction of sp³-hybridized carbons (Fsp3) is 0.320. The minimum Gasteiger partial charge on any atom is -0.462 e. The third-order valence-electron chi connectivity index (χ3n) is 5.38. The molecule has 1 amide bonds. The number of nitrogens with one attached hydrogen (secondary N) is 1. The highest BCUT2D eigenvalue weighted by molar-refractivity contribution is 6.30. The summed E-state index contributed by atoms with van der Waals surface area (Å²) in [6, 6.07) is 15.0. The standard InChI is InChI=1S/C25H25ClF3N3O2/c1-16(21(17-7-5-4-6-8-17)13-20-11-10-19(26)15-30-20)32-23(33)24(2,3)34-22-12-9-18(14-31-22)25(27,28)29/h4-12,14-16,21H,13H2,1-3H3,(H,32,33)/t16-,21+/m0/s1. The fourth-order valence-corrected chi connectivity index (χ4v) is 3.55. The number of rotatable bonds is 8. The summed E-state index contributed by atoms with van der Waals surface area (Å²) in [7, 11) is 0.